The van der Waals surface area contributed by atoms with Crippen molar-refractivity contribution in [2.24, 2.45) is 0 Å². The summed E-state index contributed by atoms with van der Waals surface area (Å²) in [7, 11) is 1.74. The molecule has 2 N–H and O–H groups in total. The number of benzene rings is 1. The number of nitrogens with one attached hydrogen (secondary N) is 1. The Morgan fingerprint density at radius 3 is 2.95 bits per heavy atom. The number of aryl methyl sites for hydroxylation is 1. The van der Waals surface area contributed by atoms with E-state index < -0.39 is 6.10 Å². The van der Waals surface area contributed by atoms with E-state index in [-0.39, 0.29) is 12.7 Å². The minimum Gasteiger partial charge on any atom is -0.491 e. The molecule has 0 aromatic heterocycles. The van der Waals surface area contributed by atoms with E-state index in [9.17, 15) is 5.11 Å². The van der Waals surface area contributed by atoms with Crippen molar-refractivity contribution >= 4 is 11.6 Å². The highest BCUT2D eigenvalue weighted by atomic mass is 35.5. The lowest BCUT2D eigenvalue weighted by Gasteiger charge is -2.21. The van der Waals surface area contributed by atoms with Gasteiger partial charge >= 0.3 is 0 Å². The van der Waals surface area contributed by atoms with Crippen molar-refractivity contribution in [1.82, 2.24) is 5.32 Å². The van der Waals surface area contributed by atoms with Crippen molar-refractivity contribution in [3.8, 4) is 5.75 Å². The van der Waals surface area contributed by atoms with Crippen LogP contribution in [0.4, 0.5) is 0 Å². The fraction of sp³-hybridized carbons (Fsp3) is 0.625. The molecule has 2 rings (SSSR count). The largest absolute Gasteiger partial charge is 0.491 e. The lowest BCUT2D eigenvalue weighted by atomic mass is 10.2. The van der Waals surface area contributed by atoms with Gasteiger partial charge in [-0.3, -0.25) is 0 Å². The molecule has 1 aliphatic carbocycles. The lowest BCUT2D eigenvalue weighted by molar-refractivity contribution is 0.0687. The molecule has 1 fully saturated rings. The van der Waals surface area contributed by atoms with Crippen LogP contribution in [0.25, 0.3) is 0 Å². The molecule has 0 radical (unpaired) electrons. The number of aliphatic hydroxyl groups is 1. The van der Waals surface area contributed by atoms with Crippen molar-refractivity contribution in [3.63, 3.8) is 0 Å². The molecule has 0 bridgehead atoms. The van der Waals surface area contributed by atoms with Crippen molar-refractivity contribution in [1.29, 1.82) is 0 Å². The van der Waals surface area contributed by atoms with Gasteiger partial charge in [0.15, 0.2) is 0 Å². The predicted octanol–water partition coefficient (Wildman–Crippen LogP) is 2.55. The fourth-order valence-electron chi connectivity index (χ4n) is 2.69. The molecule has 3 atom stereocenters. The summed E-state index contributed by atoms with van der Waals surface area (Å²) in [4.78, 5) is 0. The first-order valence-corrected chi connectivity index (χ1v) is 7.81. The number of ether oxygens (including phenoxy) is 2. The van der Waals surface area contributed by atoms with Gasteiger partial charge in [0.2, 0.25) is 0 Å². The lowest BCUT2D eigenvalue weighted by Crippen LogP contribution is -2.42. The predicted molar refractivity (Wildman–Crippen MR) is 84.1 cm³/mol. The monoisotopic (exact) mass is 313 g/mol. The summed E-state index contributed by atoms with van der Waals surface area (Å²) in [5.74, 6) is 0.728. The van der Waals surface area contributed by atoms with Crippen LogP contribution in [0.5, 0.6) is 5.75 Å². The van der Waals surface area contributed by atoms with Crippen LogP contribution in [0.2, 0.25) is 5.02 Å². The molecule has 118 valence electrons. The van der Waals surface area contributed by atoms with Crippen LogP contribution in [0.3, 0.4) is 0 Å². The summed E-state index contributed by atoms with van der Waals surface area (Å²) in [6, 6.07) is 5.83. The fourth-order valence-corrected chi connectivity index (χ4v) is 2.80. The number of halogens is 1. The third-order valence-corrected chi connectivity index (χ3v) is 4.37. The molecule has 0 amide bonds. The number of hydrogen-bond donors (Lipinski definition) is 2. The van der Waals surface area contributed by atoms with E-state index in [0.29, 0.717) is 12.6 Å². The second-order valence-electron chi connectivity index (χ2n) is 5.60. The van der Waals surface area contributed by atoms with Gasteiger partial charge in [-0.15, -0.1) is 0 Å². The van der Waals surface area contributed by atoms with E-state index in [1.807, 2.05) is 19.1 Å². The Morgan fingerprint density at radius 2 is 2.24 bits per heavy atom. The third-order valence-electron chi connectivity index (χ3n) is 3.94. The minimum atomic E-state index is -0.543. The molecule has 4 nitrogen and oxygen atoms in total. The Morgan fingerprint density at radius 1 is 1.43 bits per heavy atom. The molecule has 21 heavy (non-hydrogen) atoms. The number of aliphatic hydroxyl groups excluding tert-OH is 1. The first-order valence-electron chi connectivity index (χ1n) is 7.43. The van der Waals surface area contributed by atoms with Gasteiger partial charge in [-0.1, -0.05) is 11.6 Å². The SMILES string of the molecule is COC1CCCC1NCC(O)COc1ccc(Cl)c(C)c1. The van der Waals surface area contributed by atoms with E-state index in [1.54, 1.807) is 13.2 Å². The first-order chi connectivity index (χ1) is 10.1. The van der Waals surface area contributed by atoms with Crippen molar-refractivity contribution in [3.05, 3.63) is 28.8 Å². The summed E-state index contributed by atoms with van der Waals surface area (Å²) in [5.41, 5.74) is 0.968. The second kappa shape index (κ2) is 7.99. The normalized spacial score (nSPS) is 23.2. The standard InChI is InChI=1S/C16H24ClNO3/c1-11-8-13(6-7-14(11)17)21-10-12(19)9-18-15-4-3-5-16(15)20-2/h6-8,12,15-16,18-19H,3-5,9-10H2,1-2H3. The zero-order valence-electron chi connectivity index (χ0n) is 12.6. The first kappa shape index (κ1) is 16.6. The molecule has 5 heteroatoms. The van der Waals surface area contributed by atoms with Gasteiger partial charge in [0, 0.05) is 24.7 Å². The Hall–Kier alpha value is -0.810. The number of rotatable bonds is 7. The zero-order valence-corrected chi connectivity index (χ0v) is 13.4. The molecule has 0 saturated heterocycles. The number of hydrogen-bond acceptors (Lipinski definition) is 4. The second-order valence-corrected chi connectivity index (χ2v) is 6.00. The topological polar surface area (TPSA) is 50.7 Å². The maximum Gasteiger partial charge on any atom is 0.119 e. The summed E-state index contributed by atoms with van der Waals surface area (Å²) < 4.78 is 11.0. The molecule has 1 aliphatic rings. The van der Waals surface area contributed by atoms with E-state index in [2.05, 4.69) is 5.32 Å². The highest BCUT2D eigenvalue weighted by Crippen LogP contribution is 2.22. The van der Waals surface area contributed by atoms with Crippen molar-refractivity contribution < 1.29 is 14.6 Å². The highest BCUT2D eigenvalue weighted by molar-refractivity contribution is 6.31. The molecule has 0 aliphatic heterocycles. The molecule has 1 aromatic rings. The molecular formula is C16H24ClNO3. The van der Waals surface area contributed by atoms with E-state index in [4.69, 9.17) is 21.1 Å². The molecule has 3 unspecified atom stereocenters. The quantitative estimate of drug-likeness (QED) is 0.812. The molecule has 1 aromatic carbocycles. The van der Waals surface area contributed by atoms with E-state index in [1.165, 1.54) is 6.42 Å². The van der Waals surface area contributed by atoms with E-state index >= 15 is 0 Å². The average Bonchev–Trinajstić information content (AvgIpc) is 2.94. The summed E-state index contributed by atoms with van der Waals surface area (Å²) in [5, 5.41) is 14.1. The Kier molecular flexibility index (Phi) is 6.30. The molecule has 0 heterocycles. The van der Waals surface area contributed by atoms with Gasteiger partial charge in [0.05, 0.1) is 6.10 Å². The van der Waals surface area contributed by atoms with Crippen LogP contribution >= 0.6 is 11.6 Å². The number of methoxy groups -OCH3 is 1. The van der Waals surface area contributed by atoms with Crippen LogP contribution in [-0.4, -0.2) is 43.6 Å². The zero-order chi connectivity index (χ0) is 15.2. The van der Waals surface area contributed by atoms with Gasteiger partial charge < -0.3 is 19.9 Å². The Bertz CT molecular complexity index is 455. The Labute approximate surface area is 131 Å². The van der Waals surface area contributed by atoms with Crippen molar-refractivity contribution in [2.75, 3.05) is 20.3 Å². The van der Waals surface area contributed by atoms with Gasteiger partial charge in [-0.25, -0.2) is 0 Å². The van der Waals surface area contributed by atoms with Gasteiger partial charge in [-0.05, 0) is 49.9 Å². The van der Waals surface area contributed by atoms with Gasteiger partial charge in [0.25, 0.3) is 0 Å². The molecule has 1 saturated carbocycles. The van der Waals surface area contributed by atoms with E-state index in [0.717, 1.165) is 29.2 Å². The highest BCUT2D eigenvalue weighted by Gasteiger charge is 2.26. The minimum absolute atomic E-state index is 0.261. The van der Waals surface area contributed by atoms with Crippen LogP contribution in [0, 0.1) is 6.92 Å². The van der Waals surface area contributed by atoms with Crippen molar-refractivity contribution in [2.45, 2.75) is 44.4 Å². The maximum absolute atomic E-state index is 10.00. The maximum atomic E-state index is 10.00. The summed E-state index contributed by atoms with van der Waals surface area (Å²) in [6.07, 6.45) is 3.08. The summed E-state index contributed by atoms with van der Waals surface area (Å²) >= 11 is 5.97. The third kappa shape index (κ3) is 4.85. The van der Waals surface area contributed by atoms with Gasteiger partial charge in [0.1, 0.15) is 18.5 Å². The van der Waals surface area contributed by atoms with Crippen LogP contribution in [-0.2, 0) is 4.74 Å². The molecule has 0 spiro atoms. The van der Waals surface area contributed by atoms with Crippen LogP contribution in [0.1, 0.15) is 24.8 Å². The smallest absolute Gasteiger partial charge is 0.119 e. The Balaban J connectivity index is 1.72. The summed E-state index contributed by atoms with van der Waals surface area (Å²) in [6.45, 7) is 2.70. The van der Waals surface area contributed by atoms with Crippen LogP contribution < -0.4 is 10.1 Å². The molecular weight excluding hydrogens is 290 g/mol. The van der Waals surface area contributed by atoms with Gasteiger partial charge in [-0.2, -0.15) is 0 Å². The average molecular weight is 314 g/mol. The van der Waals surface area contributed by atoms with Crippen LogP contribution in [0.15, 0.2) is 18.2 Å².